The number of nitrogens with zero attached hydrogens (tertiary/aromatic N) is 2. The van der Waals surface area contributed by atoms with Crippen LogP contribution in [0.15, 0.2) is 61.0 Å². The lowest BCUT2D eigenvalue weighted by atomic mass is 10.2. The zero-order chi connectivity index (χ0) is 20.1. The van der Waals surface area contributed by atoms with E-state index in [1.54, 1.807) is 34.5 Å². The van der Waals surface area contributed by atoms with E-state index in [0.717, 1.165) is 15.9 Å². The molecule has 148 valence electrons. The van der Waals surface area contributed by atoms with Gasteiger partial charge in [0.1, 0.15) is 0 Å². The second kappa shape index (κ2) is 9.45. The second-order valence-electron chi connectivity index (χ2n) is 6.61. The first-order chi connectivity index (χ1) is 13.4. The fraction of sp³-hybridized carbons (Fsp3) is 0.300. The normalized spacial score (nSPS) is 11.3. The van der Waals surface area contributed by atoms with E-state index >= 15 is 0 Å². The Morgan fingerprint density at radius 1 is 1.21 bits per heavy atom. The highest BCUT2D eigenvalue weighted by molar-refractivity contribution is 9.10. The number of aromatic nitrogens is 1. The molecule has 0 aliphatic rings. The molecule has 3 aromatic rings. The van der Waals surface area contributed by atoms with Gasteiger partial charge in [-0.1, -0.05) is 15.9 Å². The van der Waals surface area contributed by atoms with Gasteiger partial charge in [0.25, 0.3) is 0 Å². The fourth-order valence-electron chi connectivity index (χ4n) is 2.67. The summed E-state index contributed by atoms with van der Waals surface area (Å²) < 4.78 is 7.91. The van der Waals surface area contributed by atoms with Crippen LogP contribution >= 0.6 is 27.7 Å². The summed E-state index contributed by atoms with van der Waals surface area (Å²) in [7, 11) is 3.90. The van der Waals surface area contributed by atoms with Crippen LogP contribution in [0.3, 0.4) is 0 Å². The molecule has 1 amide bonds. The Labute approximate surface area is 176 Å². The zero-order valence-electron chi connectivity index (χ0n) is 15.8. The number of benzene rings is 2. The Morgan fingerprint density at radius 2 is 1.96 bits per heavy atom. The smallest absolute Gasteiger partial charge is 0.408 e. The van der Waals surface area contributed by atoms with Gasteiger partial charge in [-0.25, -0.2) is 4.79 Å². The minimum Gasteiger partial charge on any atom is -0.408 e. The highest BCUT2D eigenvalue weighted by Gasteiger charge is 2.11. The van der Waals surface area contributed by atoms with Crippen molar-refractivity contribution >= 4 is 50.4 Å². The van der Waals surface area contributed by atoms with Crippen molar-refractivity contribution in [3.63, 3.8) is 0 Å². The quantitative estimate of drug-likeness (QED) is 0.510. The van der Waals surface area contributed by atoms with Gasteiger partial charge in [-0.05, 0) is 56.6 Å². The second-order valence-corrected chi connectivity index (χ2v) is 8.69. The third-order valence-corrected chi connectivity index (χ3v) is 5.68. The minimum absolute atomic E-state index is 0.0605. The molecule has 0 radical (unpaired) electrons. The van der Waals surface area contributed by atoms with Gasteiger partial charge in [0.2, 0.25) is 5.91 Å². The highest BCUT2D eigenvalue weighted by Crippen LogP contribution is 2.22. The summed E-state index contributed by atoms with van der Waals surface area (Å²) in [5.41, 5.74) is 1.87. The number of anilines is 1. The van der Waals surface area contributed by atoms with Crippen molar-refractivity contribution in [1.82, 2.24) is 9.47 Å². The molecule has 2 aromatic carbocycles. The molecule has 0 unspecified atom stereocenters. The number of likely N-dealkylation sites (N-methyl/N-ethyl adjacent to an activating group) is 1. The first kappa shape index (κ1) is 20.7. The predicted octanol–water partition coefficient (Wildman–Crippen LogP) is 4.04. The topological polar surface area (TPSA) is 67.5 Å². The molecule has 1 N–H and O–H groups in total. The van der Waals surface area contributed by atoms with E-state index in [4.69, 9.17) is 4.42 Å². The van der Waals surface area contributed by atoms with Gasteiger partial charge in [-0.3, -0.25) is 9.36 Å². The number of halogens is 1. The summed E-state index contributed by atoms with van der Waals surface area (Å²) in [6.45, 7) is 1.25. The third-order valence-electron chi connectivity index (χ3n) is 4.13. The lowest BCUT2D eigenvalue weighted by Crippen LogP contribution is -2.23. The van der Waals surface area contributed by atoms with Crippen LogP contribution in [0.5, 0.6) is 0 Å². The lowest BCUT2D eigenvalue weighted by molar-refractivity contribution is -0.115. The molecule has 0 fully saturated rings. The SMILES string of the molecule is CN(C)CCn1c(=O)oc2ccc(NC(=O)CCSc3ccc(Br)cc3)cc21. The van der Waals surface area contributed by atoms with Crippen LogP contribution < -0.4 is 11.1 Å². The predicted molar refractivity (Wildman–Crippen MR) is 117 cm³/mol. The Kier molecular flexibility index (Phi) is 6.98. The van der Waals surface area contributed by atoms with Crippen LogP contribution in [0.4, 0.5) is 5.69 Å². The Hall–Kier alpha value is -2.03. The fourth-order valence-corrected chi connectivity index (χ4v) is 3.78. The summed E-state index contributed by atoms with van der Waals surface area (Å²) in [6, 6.07) is 13.3. The van der Waals surface area contributed by atoms with Crippen LogP contribution in [-0.2, 0) is 11.3 Å². The van der Waals surface area contributed by atoms with Gasteiger partial charge in [0, 0.05) is 40.3 Å². The maximum absolute atomic E-state index is 12.3. The summed E-state index contributed by atoms with van der Waals surface area (Å²) in [4.78, 5) is 27.5. The van der Waals surface area contributed by atoms with Crippen molar-refractivity contribution in [1.29, 1.82) is 0 Å². The van der Waals surface area contributed by atoms with Crippen molar-refractivity contribution < 1.29 is 9.21 Å². The molecular weight excluding hydrogens is 442 g/mol. The van der Waals surface area contributed by atoms with Crippen molar-refractivity contribution in [3.05, 3.63) is 57.5 Å². The number of fused-ring (bicyclic) bond motifs is 1. The molecule has 0 saturated carbocycles. The number of carbonyl (C=O) groups is 1. The number of rotatable bonds is 8. The molecule has 0 aliphatic heterocycles. The molecule has 0 spiro atoms. The van der Waals surface area contributed by atoms with Gasteiger partial charge < -0.3 is 14.6 Å². The van der Waals surface area contributed by atoms with Gasteiger partial charge in [-0.2, -0.15) is 0 Å². The minimum atomic E-state index is -0.383. The van der Waals surface area contributed by atoms with Crippen LogP contribution in [-0.4, -0.2) is 41.8 Å². The average molecular weight is 464 g/mol. The van der Waals surface area contributed by atoms with Crippen molar-refractivity contribution in [2.45, 2.75) is 17.9 Å². The molecule has 28 heavy (non-hydrogen) atoms. The molecule has 3 rings (SSSR count). The number of carbonyl (C=O) groups excluding carboxylic acids is 1. The number of nitrogens with one attached hydrogen (secondary N) is 1. The zero-order valence-corrected chi connectivity index (χ0v) is 18.2. The molecule has 6 nitrogen and oxygen atoms in total. The molecule has 0 bridgehead atoms. The van der Waals surface area contributed by atoms with E-state index in [0.29, 0.717) is 35.5 Å². The van der Waals surface area contributed by atoms with E-state index in [1.165, 1.54) is 0 Å². The van der Waals surface area contributed by atoms with Crippen molar-refractivity contribution in [2.24, 2.45) is 0 Å². The van der Waals surface area contributed by atoms with Gasteiger partial charge in [0.05, 0.1) is 5.52 Å². The Morgan fingerprint density at radius 3 is 2.68 bits per heavy atom. The monoisotopic (exact) mass is 463 g/mol. The van der Waals surface area contributed by atoms with E-state index in [9.17, 15) is 9.59 Å². The largest absolute Gasteiger partial charge is 0.419 e. The molecule has 1 aromatic heterocycles. The Balaban J connectivity index is 1.61. The molecule has 0 atom stereocenters. The molecule has 0 aliphatic carbocycles. The average Bonchev–Trinajstić information content (AvgIpc) is 2.96. The number of amides is 1. The van der Waals surface area contributed by atoms with Crippen molar-refractivity contribution in [3.8, 4) is 0 Å². The number of hydrogen-bond donors (Lipinski definition) is 1. The molecule has 8 heteroatoms. The van der Waals surface area contributed by atoms with Crippen LogP contribution in [0.1, 0.15) is 6.42 Å². The first-order valence-electron chi connectivity index (χ1n) is 8.89. The number of oxazole rings is 1. The van der Waals surface area contributed by atoms with E-state index in [2.05, 4.69) is 21.2 Å². The summed E-state index contributed by atoms with van der Waals surface area (Å²) >= 11 is 5.05. The number of thioether (sulfide) groups is 1. The first-order valence-corrected chi connectivity index (χ1v) is 10.7. The van der Waals surface area contributed by atoms with Gasteiger partial charge in [-0.15, -0.1) is 11.8 Å². The third kappa shape index (κ3) is 5.50. The van der Waals surface area contributed by atoms with Crippen LogP contribution in [0, 0.1) is 0 Å². The van der Waals surface area contributed by atoms with E-state index in [-0.39, 0.29) is 11.7 Å². The van der Waals surface area contributed by atoms with Gasteiger partial charge >= 0.3 is 5.76 Å². The van der Waals surface area contributed by atoms with Crippen molar-refractivity contribution in [2.75, 3.05) is 31.7 Å². The van der Waals surface area contributed by atoms with Crippen LogP contribution in [0.2, 0.25) is 0 Å². The molecule has 1 heterocycles. The van der Waals surface area contributed by atoms with E-state index in [1.807, 2.05) is 43.3 Å². The van der Waals surface area contributed by atoms with Gasteiger partial charge in [0.15, 0.2) is 5.58 Å². The molecular formula is C20H22BrN3O3S. The summed E-state index contributed by atoms with van der Waals surface area (Å²) in [5.74, 6) is 0.246. The van der Waals surface area contributed by atoms with Crippen LogP contribution in [0.25, 0.3) is 11.1 Å². The summed E-state index contributed by atoms with van der Waals surface area (Å²) in [5, 5.41) is 2.90. The maximum atomic E-state index is 12.3. The highest BCUT2D eigenvalue weighted by atomic mass is 79.9. The van der Waals surface area contributed by atoms with E-state index < -0.39 is 0 Å². The molecule has 0 saturated heterocycles. The lowest BCUT2D eigenvalue weighted by Gasteiger charge is -2.10. The summed E-state index contributed by atoms with van der Waals surface area (Å²) in [6.07, 6.45) is 0.400. The maximum Gasteiger partial charge on any atom is 0.419 e. The number of hydrogen-bond acceptors (Lipinski definition) is 5. The Bertz CT molecular complexity index is 1010. The standard InChI is InChI=1S/C20H22BrN3O3S/c1-23(2)10-11-24-17-13-15(5-8-18(17)27-20(24)26)22-19(25)9-12-28-16-6-3-14(21)4-7-16/h3-8,13H,9-12H2,1-2H3,(H,22,25).